The first-order valence-electron chi connectivity index (χ1n) is 4.18. The van der Waals surface area contributed by atoms with E-state index in [2.05, 4.69) is 0 Å². The molecule has 0 saturated carbocycles. The van der Waals surface area contributed by atoms with Gasteiger partial charge in [-0.25, -0.2) is 0 Å². The molecule has 0 N–H and O–H groups in total. The molecule has 0 aromatic heterocycles. The van der Waals surface area contributed by atoms with Gasteiger partial charge in [0.05, 0.1) is 21.5 Å². The van der Waals surface area contributed by atoms with E-state index in [0.29, 0.717) is 15.7 Å². The van der Waals surface area contributed by atoms with Crippen LogP contribution in [-0.4, -0.2) is 21.7 Å². The number of benzene rings is 1. The lowest BCUT2D eigenvalue weighted by molar-refractivity contribution is -0.115. The van der Waals surface area contributed by atoms with E-state index in [4.69, 9.17) is 23.2 Å². The van der Waals surface area contributed by atoms with Crippen LogP contribution in [0.2, 0.25) is 10.0 Å². The number of rotatable bonds is 1. The maximum Gasteiger partial charge on any atom is 0.240 e. The molecular weight excluding hydrogens is 257 g/mol. The minimum absolute atomic E-state index is 0.0684. The summed E-state index contributed by atoms with van der Waals surface area (Å²) in [6, 6.07) is 4.87. The summed E-state index contributed by atoms with van der Waals surface area (Å²) in [4.78, 5) is 12.9. The first kappa shape index (κ1) is 10.9. The molecule has 1 unspecified atom stereocenters. The highest BCUT2D eigenvalue weighted by Gasteiger charge is 2.28. The van der Waals surface area contributed by atoms with E-state index in [1.165, 1.54) is 4.90 Å². The van der Waals surface area contributed by atoms with Crippen LogP contribution in [0.3, 0.4) is 0 Å². The predicted molar refractivity (Wildman–Crippen MR) is 61.8 cm³/mol. The second-order valence-corrected chi connectivity index (χ2v) is 5.40. The first-order chi connectivity index (χ1) is 7.08. The second-order valence-electron chi connectivity index (χ2n) is 3.13. The number of carbonyl (C=O) groups excluding carboxylic acids is 1. The van der Waals surface area contributed by atoms with Crippen molar-refractivity contribution in [2.24, 2.45) is 0 Å². The lowest BCUT2D eigenvalue weighted by Crippen LogP contribution is -2.25. The summed E-state index contributed by atoms with van der Waals surface area (Å²) in [6.45, 7) is 0. The van der Waals surface area contributed by atoms with E-state index < -0.39 is 10.8 Å². The molecule has 1 fully saturated rings. The molecule has 2 rings (SSSR count). The Kier molecular flexibility index (Phi) is 3.00. The van der Waals surface area contributed by atoms with Crippen LogP contribution < -0.4 is 4.90 Å². The van der Waals surface area contributed by atoms with E-state index in [0.717, 1.165) is 0 Å². The Balaban J connectivity index is 2.38. The minimum Gasteiger partial charge on any atom is -0.298 e. The fraction of sp³-hybridized carbons (Fsp3) is 0.222. The Bertz CT molecular complexity index is 450. The number of halogens is 2. The quantitative estimate of drug-likeness (QED) is 0.778. The van der Waals surface area contributed by atoms with Gasteiger partial charge in [0.2, 0.25) is 5.91 Å². The molecule has 1 aliphatic heterocycles. The Morgan fingerprint density at radius 3 is 2.60 bits per heavy atom. The summed E-state index contributed by atoms with van der Waals surface area (Å²) in [6.07, 6.45) is 0. The molecule has 0 aliphatic carbocycles. The first-order valence-corrected chi connectivity index (χ1v) is 6.43. The lowest BCUT2D eigenvalue weighted by atomic mass is 10.3. The third-order valence-corrected chi connectivity index (χ3v) is 3.71. The summed E-state index contributed by atoms with van der Waals surface area (Å²) in [5.74, 6) is 0.108. The van der Waals surface area contributed by atoms with Gasteiger partial charge in [-0.1, -0.05) is 23.2 Å². The fourth-order valence-corrected chi connectivity index (χ4v) is 2.99. The average molecular weight is 264 g/mol. The summed E-state index contributed by atoms with van der Waals surface area (Å²) in [5, 5.41) is 0.909. The van der Waals surface area contributed by atoms with Gasteiger partial charge >= 0.3 is 0 Å². The molecule has 1 aromatic rings. The van der Waals surface area contributed by atoms with Gasteiger partial charge in [0.1, 0.15) is 11.6 Å². The molecule has 1 atom stereocenters. The van der Waals surface area contributed by atoms with Crippen molar-refractivity contribution < 1.29 is 9.00 Å². The molecule has 1 amide bonds. The van der Waals surface area contributed by atoms with Gasteiger partial charge in [-0.2, -0.15) is 0 Å². The van der Waals surface area contributed by atoms with Gasteiger partial charge in [-0.3, -0.25) is 13.9 Å². The SMILES string of the molecule is O=C1CS(=O)CN1c1ccc(Cl)cc1Cl. The van der Waals surface area contributed by atoms with E-state index >= 15 is 0 Å². The van der Waals surface area contributed by atoms with Gasteiger partial charge in [-0.15, -0.1) is 0 Å². The normalized spacial score (nSPS) is 21.1. The molecule has 15 heavy (non-hydrogen) atoms. The summed E-state index contributed by atoms with van der Waals surface area (Å²) in [7, 11) is -1.11. The molecular formula is C9H7Cl2NO2S. The average Bonchev–Trinajstić information content (AvgIpc) is 2.45. The van der Waals surface area contributed by atoms with Crippen molar-refractivity contribution in [2.75, 3.05) is 16.5 Å². The largest absolute Gasteiger partial charge is 0.298 e. The highest BCUT2D eigenvalue weighted by atomic mass is 35.5. The Hall–Kier alpha value is -0.580. The van der Waals surface area contributed by atoms with Crippen LogP contribution in [0.5, 0.6) is 0 Å². The third kappa shape index (κ3) is 2.17. The van der Waals surface area contributed by atoms with Crippen LogP contribution in [-0.2, 0) is 15.6 Å². The van der Waals surface area contributed by atoms with E-state index in [1.54, 1.807) is 18.2 Å². The molecule has 0 radical (unpaired) electrons. The van der Waals surface area contributed by atoms with E-state index in [-0.39, 0.29) is 17.5 Å². The number of hydrogen-bond donors (Lipinski definition) is 0. The lowest BCUT2D eigenvalue weighted by Gasteiger charge is -2.15. The van der Waals surface area contributed by atoms with Crippen molar-refractivity contribution in [2.45, 2.75) is 0 Å². The van der Waals surface area contributed by atoms with Crippen LogP contribution >= 0.6 is 23.2 Å². The summed E-state index contributed by atoms with van der Waals surface area (Å²) in [5.41, 5.74) is 0.567. The van der Waals surface area contributed by atoms with Crippen molar-refractivity contribution in [1.29, 1.82) is 0 Å². The number of hydrogen-bond acceptors (Lipinski definition) is 2. The maximum atomic E-state index is 11.5. The highest BCUT2D eigenvalue weighted by molar-refractivity contribution is 7.86. The van der Waals surface area contributed by atoms with Crippen LogP contribution in [0.4, 0.5) is 5.69 Å². The van der Waals surface area contributed by atoms with Crippen LogP contribution in [0.15, 0.2) is 18.2 Å². The van der Waals surface area contributed by atoms with Gasteiger partial charge in [0.15, 0.2) is 0 Å². The van der Waals surface area contributed by atoms with Crippen molar-refractivity contribution in [1.82, 2.24) is 0 Å². The number of carbonyl (C=O) groups is 1. The topological polar surface area (TPSA) is 37.4 Å². The van der Waals surface area contributed by atoms with Crippen molar-refractivity contribution in [3.63, 3.8) is 0 Å². The van der Waals surface area contributed by atoms with E-state index in [1.807, 2.05) is 0 Å². The molecule has 0 bridgehead atoms. The van der Waals surface area contributed by atoms with Crippen molar-refractivity contribution >= 4 is 45.6 Å². The molecule has 6 heteroatoms. The zero-order chi connectivity index (χ0) is 11.0. The summed E-state index contributed by atoms with van der Waals surface area (Å²) >= 11 is 11.7. The molecule has 1 heterocycles. The highest BCUT2D eigenvalue weighted by Crippen LogP contribution is 2.30. The minimum atomic E-state index is -1.11. The second kappa shape index (κ2) is 4.12. The molecule has 0 spiro atoms. The summed E-state index contributed by atoms with van der Waals surface area (Å²) < 4.78 is 11.2. The van der Waals surface area contributed by atoms with Crippen LogP contribution in [0.1, 0.15) is 0 Å². The number of amides is 1. The fourth-order valence-electron chi connectivity index (χ4n) is 1.38. The molecule has 80 valence electrons. The standard InChI is InChI=1S/C9H7Cl2NO2S/c10-6-1-2-8(7(11)3-6)12-5-15(14)4-9(12)13/h1-3H,4-5H2. The molecule has 1 saturated heterocycles. The predicted octanol–water partition coefficient (Wildman–Crippen LogP) is 2.05. The van der Waals surface area contributed by atoms with Gasteiger partial charge in [0.25, 0.3) is 0 Å². The Morgan fingerprint density at radius 1 is 1.33 bits per heavy atom. The van der Waals surface area contributed by atoms with Gasteiger partial charge < -0.3 is 0 Å². The molecule has 3 nitrogen and oxygen atoms in total. The maximum absolute atomic E-state index is 11.5. The number of anilines is 1. The molecule has 1 aliphatic rings. The zero-order valence-electron chi connectivity index (χ0n) is 7.57. The Labute approximate surface area is 99.4 Å². The molecule has 1 aromatic carbocycles. The van der Waals surface area contributed by atoms with Gasteiger partial charge in [0, 0.05) is 5.02 Å². The Morgan fingerprint density at radius 2 is 2.07 bits per heavy atom. The zero-order valence-corrected chi connectivity index (χ0v) is 9.90. The van der Waals surface area contributed by atoms with E-state index in [9.17, 15) is 9.00 Å². The van der Waals surface area contributed by atoms with Gasteiger partial charge in [-0.05, 0) is 18.2 Å². The number of nitrogens with zero attached hydrogens (tertiary/aromatic N) is 1. The monoisotopic (exact) mass is 263 g/mol. The van der Waals surface area contributed by atoms with Crippen molar-refractivity contribution in [3.05, 3.63) is 28.2 Å². The van der Waals surface area contributed by atoms with Crippen molar-refractivity contribution in [3.8, 4) is 0 Å². The third-order valence-electron chi connectivity index (χ3n) is 2.06. The van der Waals surface area contributed by atoms with Crippen LogP contribution in [0, 0.1) is 0 Å². The van der Waals surface area contributed by atoms with Crippen LogP contribution in [0.25, 0.3) is 0 Å². The smallest absolute Gasteiger partial charge is 0.240 e.